The van der Waals surface area contributed by atoms with Gasteiger partial charge in [-0.2, -0.15) is 0 Å². The molecule has 2 heterocycles. The van der Waals surface area contributed by atoms with Crippen LogP contribution in [-0.2, 0) is 0 Å². The molecule has 0 amide bonds. The first-order chi connectivity index (χ1) is 11.6. The second-order valence-corrected chi connectivity index (χ2v) is 5.97. The fraction of sp³-hybridized carbons (Fsp3) is 0.211. The number of anilines is 1. The Balaban J connectivity index is 1.92. The topological polar surface area (TPSA) is 53.7 Å². The van der Waals surface area contributed by atoms with Crippen LogP contribution in [0.3, 0.4) is 0 Å². The molecule has 5 heteroatoms. The minimum Gasteiger partial charge on any atom is -0.506 e. The molecule has 0 spiro atoms. The van der Waals surface area contributed by atoms with Crippen molar-refractivity contribution in [2.75, 3.05) is 18.0 Å². The third-order valence-corrected chi connectivity index (χ3v) is 4.47. The lowest BCUT2D eigenvalue weighted by atomic mass is 10.0. The number of rotatable bonds is 2. The largest absolute Gasteiger partial charge is 0.506 e. The fourth-order valence-electron chi connectivity index (χ4n) is 3.26. The van der Waals surface area contributed by atoms with Gasteiger partial charge in [0.25, 0.3) is 0 Å². The van der Waals surface area contributed by atoms with Crippen LogP contribution in [0.25, 0.3) is 22.1 Å². The fourth-order valence-corrected chi connectivity index (χ4v) is 3.26. The Kier molecular flexibility index (Phi) is 3.49. The molecule has 1 aliphatic heterocycles. The maximum absolute atomic E-state index is 14.2. The number of hydrogen-bond acceptors (Lipinski definition) is 4. The molecule has 122 valence electrons. The van der Waals surface area contributed by atoms with Gasteiger partial charge in [0.1, 0.15) is 22.7 Å². The molecule has 0 unspecified atom stereocenters. The second-order valence-electron chi connectivity index (χ2n) is 5.97. The molecule has 1 aliphatic rings. The Morgan fingerprint density at radius 1 is 1.08 bits per heavy atom. The summed E-state index contributed by atoms with van der Waals surface area (Å²) in [5, 5.41) is 11.0. The highest BCUT2D eigenvalue weighted by Gasteiger charge is 2.20. The Hall–Kier alpha value is -2.82. The van der Waals surface area contributed by atoms with E-state index in [0.29, 0.717) is 22.2 Å². The van der Waals surface area contributed by atoms with Crippen molar-refractivity contribution in [3.8, 4) is 16.9 Å². The normalized spacial score (nSPS) is 14.5. The van der Waals surface area contributed by atoms with Crippen LogP contribution in [0.15, 0.2) is 51.7 Å². The summed E-state index contributed by atoms with van der Waals surface area (Å²) in [6.45, 7) is 1.58. The molecule has 2 aromatic carbocycles. The predicted molar refractivity (Wildman–Crippen MR) is 91.0 cm³/mol. The van der Waals surface area contributed by atoms with Gasteiger partial charge in [0.15, 0.2) is 0 Å². The van der Waals surface area contributed by atoms with Crippen molar-refractivity contribution in [2.45, 2.75) is 12.8 Å². The first-order valence-electron chi connectivity index (χ1n) is 7.95. The van der Waals surface area contributed by atoms with Gasteiger partial charge in [-0.05, 0) is 42.7 Å². The molecule has 4 rings (SSSR count). The number of hydrogen-bond donors (Lipinski definition) is 1. The second kappa shape index (κ2) is 5.67. The van der Waals surface area contributed by atoms with Gasteiger partial charge < -0.3 is 14.4 Å². The maximum atomic E-state index is 14.2. The molecule has 3 aromatic rings. The summed E-state index contributed by atoms with van der Waals surface area (Å²) < 4.78 is 19.5. The zero-order valence-corrected chi connectivity index (χ0v) is 13.0. The van der Waals surface area contributed by atoms with E-state index in [-0.39, 0.29) is 17.1 Å². The Morgan fingerprint density at radius 3 is 2.62 bits per heavy atom. The lowest BCUT2D eigenvalue weighted by Gasteiger charge is -2.19. The Labute approximate surface area is 137 Å². The summed E-state index contributed by atoms with van der Waals surface area (Å²) in [6, 6.07) is 11.2. The molecular formula is C19H16FNO3. The molecule has 1 saturated heterocycles. The highest BCUT2D eigenvalue weighted by molar-refractivity contribution is 5.90. The minimum absolute atomic E-state index is 0.0640. The molecule has 0 bridgehead atoms. The van der Waals surface area contributed by atoms with Crippen LogP contribution in [0.2, 0.25) is 0 Å². The molecular weight excluding hydrogens is 309 g/mol. The standard InChI is InChI=1S/C19H16FNO3/c20-14-8-7-12(11-15(14)21-9-3-4-10-21)17-18(22)13-5-1-2-6-16(13)24-19(17)23/h1-2,5-8,11,22H,3-4,9-10H2. The van der Waals surface area contributed by atoms with Gasteiger partial charge in [0.2, 0.25) is 0 Å². The number of nitrogens with zero attached hydrogens (tertiary/aromatic N) is 1. The van der Waals surface area contributed by atoms with E-state index in [0.717, 1.165) is 25.9 Å². The molecule has 1 aromatic heterocycles. The number of fused-ring (bicyclic) bond motifs is 1. The molecule has 0 saturated carbocycles. The van der Waals surface area contributed by atoms with E-state index in [1.54, 1.807) is 30.3 Å². The minimum atomic E-state index is -0.634. The summed E-state index contributed by atoms with van der Waals surface area (Å²) in [5.74, 6) is -0.467. The van der Waals surface area contributed by atoms with E-state index in [1.165, 1.54) is 12.1 Å². The molecule has 24 heavy (non-hydrogen) atoms. The number of halogens is 1. The van der Waals surface area contributed by atoms with Gasteiger partial charge in [-0.1, -0.05) is 18.2 Å². The SMILES string of the molecule is O=c1oc2ccccc2c(O)c1-c1ccc(F)c(N2CCCC2)c1. The summed E-state index contributed by atoms with van der Waals surface area (Å²) in [4.78, 5) is 14.3. The van der Waals surface area contributed by atoms with Crippen LogP contribution in [0, 0.1) is 5.82 Å². The van der Waals surface area contributed by atoms with Crippen LogP contribution in [0.4, 0.5) is 10.1 Å². The lowest BCUT2D eigenvalue weighted by Crippen LogP contribution is -2.19. The third kappa shape index (κ3) is 2.33. The average Bonchev–Trinajstić information content (AvgIpc) is 3.10. The van der Waals surface area contributed by atoms with Crippen molar-refractivity contribution in [2.24, 2.45) is 0 Å². The van der Waals surface area contributed by atoms with Crippen molar-refractivity contribution in [3.05, 3.63) is 58.7 Å². The van der Waals surface area contributed by atoms with Crippen molar-refractivity contribution in [3.63, 3.8) is 0 Å². The number of aromatic hydroxyl groups is 1. The zero-order valence-electron chi connectivity index (χ0n) is 13.0. The summed E-state index contributed by atoms with van der Waals surface area (Å²) in [6.07, 6.45) is 2.04. The molecule has 0 atom stereocenters. The van der Waals surface area contributed by atoms with Crippen LogP contribution >= 0.6 is 0 Å². The number of benzene rings is 2. The average molecular weight is 325 g/mol. The molecule has 1 N–H and O–H groups in total. The van der Waals surface area contributed by atoms with E-state index < -0.39 is 5.63 Å². The van der Waals surface area contributed by atoms with Crippen molar-refractivity contribution >= 4 is 16.7 Å². The van der Waals surface area contributed by atoms with Gasteiger partial charge in [-0.25, -0.2) is 9.18 Å². The van der Waals surface area contributed by atoms with E-state index in [4.69, 9.17) is 4.42 Å². The zero-order chi connectivity index (χ0) is 16.7. The van der Waals surface area contributed by atoms with E-state index in [9.17, 15) is 14.3 Å². The molecule has 0 aliphatic carbocycles. The maximum Gasteiger partial charge on any atom is 0.347 e. The van der Waals surface area contributed by atoms with Gasteiger partial charge >= 0.3 is 5.63 Å². The summed E-state index contributed by atoms with van der Waals surface area (Å²) in [7, 11) is 0. The molecule has 1 fully saturated rings. The van der Waals surface area contributed by atoms with Gasteiger partial charge in [-0.3, -0.25) is 0 Å². The Bertz CT molecular complexity index is 974. The van der Waals surface area contributed by atoms with Crippen molar-refractivity contribution in [1.82, 2.24) is 0 Å². The molecule has 0 radical (unpaired) electrons. The highest BCUT2D eigenvalue weighted by Crippen LogP contribution is 2.35. The van der Waals surface area contributed by atoms with Crippen LogP contribution in [0.1, 0.15) is 12.8 Å². The smallest absolute Gasteiger partial charge is 0.347 e. The summed E-state index contributed by atoms with van der Waals surface area (Å²) in [5.41, 5.74) is 0.664. The first-order valence-corrected chi connectivity index (χ1v) is 7.95. The van der Waals surface area contributed by atoms with E-state index in [1.807, 2.05) is 4.90 Å². The first kappa shape index (κ1) is 14.8. The summed E-state index contributed by atoms with van der Waals surface area (Å²) >= 11 is 0. The van der Waals surface area contributed by atoms with Crippen molar-refractivity contribution in [1.29, 1.82) is 0 Å². The van der Waals surface area contributed by atoms with E-state index >= 15 is 0 Å². The third-order valence-electron chi connectivity index (χ3n) is 4.47. The van der Waals surface area contributed by atoms with Crippen LogP contribution in [-0.4, -0.2) is 18.2 Å². The quantitative estimate of drug-likeness (QED) is 0.726. The molecule has 4 nitrogen and oxygen atoms in total. The highest BCUT2D eigenvalue weighted by atomic mass is 19.1. The van der Waals surface area contributed by atoms with Crippen LogP contribution < -0.4 is 10.5 Å². The van der Waals surface area contributed by atoms with Gasteiger partial charge in [-0.15, -0.1) is 0 Å². The van der Waals surface area contributed by atoms with Crippen LogP contribution in [0.5, 0.6) is 5.75 Å². The van der Waals surface area contributed by atoms with Gasteiger partial charge in [0, 0.05) is 13.1 Å². The van der Waals surface area contributed by atoms with Gasteiger partial charge in [0.05, 0.1) is 11.1 Å². The van der Waals surface area contributed by atoms with E-state index in [2.05, 4.69) is 0 Å². The lowest BCUT2D eigenvalue weighted by molar-refractivity contribution is 0.471. The van der Waals surface area contributed by atoms with Crippen molar-refractivity contribution < 1.29 is 13.9 Å². The monoisotopic (exact) mass is 325 g/mol. The Morgan fingerprint density at radius 2 is 1.83 bits per heavy atom. The number of para-hydroxylation sites is 1. The predicted octanol–water partition coefficient (Wildman–Crippen LogP) is 3.90.